The molecule has 0 fully saturated rings. The Kier molecular flexibility index (Phi) is 5.17. The number of thiophene rings is 1. The summed E-state index contributed by atoms with van der Waals surface area (Å²) in [6.45, 7) is 7.68. The molecule has 19 heavy (non-hydrogen) atoms. The number of nitrogens with one attached hydrogen (secondary N) is 1. The maximum Gasteiger partial charge on any atom is 0.0587 e. The first-order valence-electron chi connectivity index (χ1n) is 7.11. The van der Waals surface area contributed by atoms with Gasteiger partial charge in [0.25, 0.3) is 0 Å². The van der Waals surface area contributed by atoms with Crippen molar-refractivity contribution in [2.24, 2.45) is 0 Å². The van der Waals surface area contributed by atoms with Crippen molar-refractivity contribution in [1.29, 1.82) is 0 Å². The minimum Gasteiger partial charge on any atom is -0.306 e. The quantitative estimate of drug-likeness (QED) is 0.804. The Labute approximate surface area is 120 Å². The van der Waals surface area contributed by atoms with Gasteiger partial charge in [0.05, 0.1) is 6.04 Å². The van der Waals surface area contributed by atoms with E-state index in [9.17, 15) is 0 Å². The molecule has 0 aliphatic rings. The van der Waals surface area contributed by atoms with Crippen molar-refractivity contribution in [3.8, 4) is 0 Å². The van der Waals surface area contributed by atoms with Crippen LogP contribution in [-0.2, 0) is 6.42 Å². The Morgan fingerprint density at radius 1 is 1.21 bits per heavy atom. The number of hydrogen-bond donors (Lipinski definition) is 1. The van der Waals surface area contributed by atoms with E-state index in [0.29, 0.717) is 6.04 Å². The van der Waals surface area contributed by atoms with Crippen LogP contribution in [0, 0.1) is 6.92 Å². The third kappa shape index (κ3) is 3.46. The van der Waals surface area contributed by atoms with Gasteiger partial charge in [-0.25, -0.2) is 0 Å². The molecule has 1 nitrogen and oxygen atoms in total. The average molecular weight is 273 g/mol. The van der Waals surface area contributed by atoms with Crippen LogP contribution in [0.5, 0.6) is 0 Å². The van der Waals surface area contributed by atoms with Gasteiger partial charge in [-0.15, -0.1) is 0 Å². The van der Waals surface area contributed by atoms with Gasteiger partial charge in [0.2, 0.25) is 0 Å². The van der Waals surface area contributed by atoms with E-state index in [4.69, 9.17) is 0 Å². The predicted molar refractivity (Wildman–Crippen MR) is 85.0 cm³/mol. The molecule has 1 atom stereocenters. The van der Waals surface area contributed by atoms with Gasteiger partial charge in [-0.1, -0.05) is 38.1 Å². The smallest absolute Gasteiger partial charge is 0.0587 e. The predicted octanol–water partition coefficient (Wildman–Crippen LogP) is 4.71. The van der Waals surface area contributed by atoms with E-state index in [0.717, 1.165) is 19.4 Å². The number of rotatable bonds is 6. The minimum atomic E-state index is 0.331. The summed E-state index contributed by atoms with van der Waals surface area (Å²) >= 11 is 1.79. The summed E-state index contributed by atoms with van der Waals surface area (Å²) in [6, 6.07) is 9.29. The molecule has 0 saturated carbocycles. The maximum atomic E-state index is 3.69. The summed E-state index contributed by atoms with van der Waals surface area (Å²) in [5, 5.41) is 8.20. The first-order valence-corrected chi connectivity index (χ1v) is 8.05. The fourth-order valence-electron chi connectivity index (χ4n) is 2.35. The lowest BCUT2D eigenvalue weighted by molar-refractivity contribution is 0.597. The van der Waals surface area contributed by atoms with Gasteiger partial charge in [0.15, 0.2) is 0 Å². The standard InChI is InChI=1S/C17H23NS/c1-4-9-18-17(16-12-19-11-13(16)3)15-8-6-7-14(5-2)10-15/h6-8,10-12,17-18H,4-5,9H2,1-3H3. The maximum absolute atomic E-state index is 3.69. The van der Waals surface area contributed by atoms with E-state index in [1.54, 1.807) is 11.3 Å². The van der Waals surface area contributed by atoms with Crippen LogP contribution in [0.2, 0.25) is 0 Å². The fraction of sp³-hybridized carbons (Fsp3) is 0.412. The summed E-state index contributed by atoms with van der Waals surface area (Å²) in [6.07, 6.45) is 2.25. The molecule has 1 aromatic heterocycles. The number of benzene rings is 1. The summed E-state index contributed by atoms with van der Waals surface area (Å²) in [5.41, 5.74) is 5.61. The molecular weight excluding hydrogens is 250 g/mol. The molecule has 2 heteroatoms. The Bertz CT molecular complexity index is 515. The Hall–Kier alpha value is -1.12. The van der Waals surface area contributed by atoms with Gasteiger partial charge in [0, 0.05) is 0 Å². The third-order valence-corrected chi connectivity index (χ3v) is 4.38. The lowest BCUT2D eigenvalue weighted by Crippen LogP contribution is -2.23. The molecule has 0 radical (unpaired) electrons. The van der Waals surface area contributed by atoms with Crippen LogP contribution in [0.1, 0.15) is 48.6 Å². The van der Waals surface area contributed by atoms with Crippen LogP contribution in [0.15, 0.2) is 35.0 Å². The van der Waals surface area contributed by atoms with E-state index in [1.165, 1.54) is 22.3 Å². The SMILES string of the molecule is CCCNC(c1cccc(CC)c1)c1cscc1C. The van der Waals surface area contributed by atoms with Crippen LogP contribution in [-0.4, -0.2) is 6.54 Å². The Balaban J connectivity index is 2.34. The fourth-order valence-corrected chi connectivity index (χ4v) is 3.23. The summed E-state index contributed by atoms with van der Waals surface area (Å²) in [7, 11) is 0. The third-order valence-electron chi connectivity index (χ3n) is 3.50. The van der Waals surface area contributed by atoms with Crippen LogP contribution in [0.3, 0.4) is 0 Å². The highest BCUT2D eigenvalue weighted by atomic mass is 32.1. The second-order valence-corrected chi connectivity index (χ2v) is 5.74. The molecule has 0 amide bonds. The van der Waals surface area contributed by atoms with Crippen LogP contribution in [0.4, 0.5) is 0 Å². The molecule has 0 bridgehead atoms. The molecule has 0 aliphatic heterocycles. The van der Waals surface area contributed by atoms with Crippen LogP contribution < -0.4 is 5.32 Å². The van der Waals surface area contributed by atoms with Crippen molar-refractivity contribution in [1.82, 2.24) is 5.32 Å². The largest absolute Gasteiger partial charge is 0.306 e. The molecular formula is C17H23NS. The van der Waals surface area contributed by atoms with E-state index < -0.39 is 0 Å². The van der Waals surface area contributed by atoms with Crippen LogP contribution in [0.25, 0.3) is 0 Å². The second kappa shape index (κ2) is 6.88. The summed E-state index contributed by atoms with van der Waals surface area (Å²) < 4.78 is 0. The van der Waals surface area contributed by atoms with E-state index >= 15 is 0 Å². The van der Waals surface area contributed by atoms with Gasteiger partial charge >= 0.3 is 0 Å². The average Bonchev–Trinajstić information content (AvgIpc) is 2.86. The highest BCUT2D eigenvalue weighted by Crippen LogP contribution is 2.28. The van der Waals surface area contributed by atoms with Crippen molar-refractivity contribution >= 4 is 11.3 Å². The Morgan fingerprint density at radius 3 is 2.68 bits per heavy atom. The van der Waals surface area contributed by atoms with Crippen LogP contribution >= 0.6 is 11.3 Å². The summed E-state index contributed by atoms with van der Waals surface area (Å²) in [4.78, 5) is 0. The molecule has 2 rings (SSSR count). The summed E-state index contributed by atoms with van der Waals surface area (Å²) in [5.74, 6) is 0. The molecule has 2 aromatic rings. The first kappa shape index (κ1) is 14.3. The first-order chi connectivity index (χ1) is 9.26. The van der Waals surface area contributed by atoms with Crippen molar-refractivity contribution in [2.45, 2.75) is 39.7 Å². The monoisotopic (exact) mass is 273 g/mol. The van der Waals surface area contributed by atoms with E-state index in [2.05, 4.69) is 61.1 Å². The molecule has 1 aromatic carbocycles. The Morgan fingerprint density at radius 2 is 2.05 bits per heavy atom. The topological polar surface area (TPSA) is 12.0 Å². The highest BCUT2D eigenvalue weighted by Gasteiger charge is 2.16. The normalized spacial score (nSPS) is 12.6. The molecule has 0 spiro atoms. The molecule has 0 saturated heterocycles. The van der Waals surface area contributed by atoms with Crippen molar-refractivity contribution in [3.05, 3.63) is 57.3 Å². The molecule has 1 heterocycles. The van der Waals surface area contributed by atoms with E-state index in [1.807, 2.05) is 0 Å². The number of aryl methyl sites for hydroxylation is 2. The minimum absolute atomic E-state index is 0.331. The lowest BCUT2D eigenvalue weighted by Gasteiger charge is -2.20. The van der Waals surface area contributed by atoms with Gasteiger partial charge in [-0.2, -0.15) is 11.3 Å². The zero-order valence-electron chi connectivity index (χ0n) is 12.1. The molecule has 102 valence electrons. The van der Waals surface area contributed by atoms with Gasteiger partial charge < -0.3 is 5.32 Å². The molecule has 1 unspecified atom stereocenters. The molecule has 0 aliphatic carbocycles. The van der Waals surface area contributed by atoms with Gasteiger partial charge in [-0.05, 0) is 59.3 Å². The van der Waals surface area contributed by atoms with Crippen molar-refractivity contribution < 1.29 is 0 Å². The van der Waals surface area contributed by atoms with Gasteiger partial charge in [-0.3, -0.25) is 0 Å². The van der Waals surface area contributed by atoms with Crippen molar-refractivity contribution in [3.63, 3.8) is 0 Å². The van der Waals surface area contributed by atoms with E-state index in [-0.39, 0.29) is 0 Å². The lowest BCUT2D eigenvalue weighted by atomic mass is 9.96. The number of hydrogen-bond acceptors (Lipinski definition) is 2. The zero-order valence-corrected chi connectivity index (χ0v) is 12.9. The van der Waals surface area contributed by atoms with Crippen molar-refractivity contribution in [2.75, 3.05) is 6.54 Å². The highest BCUT2D eigenvalue weighted by molar-refractivity contribution is 7.08. The molecule has 1 N–H and O–H groups in total. The zero-order chi connectivity index (χ0) is 13.7. The second-order valence-electron chi connectivity index (χ2n) is 5.00. The van der Waals surface area contributed by atoms with Gasteiger partial charge in [0.1, 0.15) is 0 Å².